The van der Waals surface area contributed by atoms with Crippen LogP contribution in [0, 0.1) is 17.5 Å². The molecule has 0 saturated heterocycles. The average Bonchev–Trinajstić information content (AvgIpc) is 3.15. The van der Waals surface area contributed by atoms with Gasteiger partial charge >= 0.3 is 0 Å². The Bertz CT molecular complexity index is 1070. The first-order valence-electron chi connectivity index (χ1n) is 9.50. The Morgan fingerprint density at radius 3 is 2.61 bits per heavy atom. The number of halogens is 4. The van der Waals surface area contributed by atoms with Crippen LogP contribution in [0.1, 0.15) is 12.5 Å². The smallest absolute Gasteiger partial charge is 0.246 e. The van der Waals surface area contributed by atoms with E-state index in [-0.39, 0.29) is 30.5 Å². The third-order valence-corrected chi connectivity index (χ3v) is 4.40. The van der Waals surface area contributed by atoms with Crippen LogP contribution in [-0.4, -0.2) is 36.5 Å². The van der Waals surface area contributed by atoms with Crippen molar-refractivity contribution in [3.63, 3.8) is 0 Å². The van der Waals surface area contributed by atoms with Crippen molar-refractivity contribution in [1.82, 2.24) is 15.6 Å². The molecule has 0 aliphatic heterocycles. The maximum atomic E-state index is 13.7. The van der Waals surface area contributed by atoms with Gasteiger partial charge in [-0.15, -0.1) is 24.0 Å². The SMILES string of the molecule is CCNC(=NCC(=O)Nc1ccc(F)c(F)c1F)NCCc1c[nH]c2ccccc12.I. The van der Waals surface area contributed by atoms with Crippen LogP contribution in [-0.2, 0) is 11.2 Å². The molecule has 31 heavy (non-hydrogen) atoms. The van der Waals surface area contributed by atoms with E-state index < -0.39 is 29.0 Å². The Morgan fingerprint density at radius 2 is 1.84 bits per heavy atom. The van der Waals surface area contributed by atoms with Crippen LogP contribution in [0.2, 0.25) is 0 Å². The number of benzene rings is 2. The van der Waals surface area contributed by atoms with Crippen molar-refractivity contribution in [2.24, 2.45) is 4.99 Å². The van der Waals surface area contributed by atoms with Crippen molar-refractivity contribution in [1.29, 1.82) is 0 Å². The molecule has 2 aromatic carbocycles. The molecule has 10 heteroatoms. The Balaban J connectivity index is 0.00000341. The molecule has 3 aromatic rings. The molecule has 0 atom stereocenters. The summed E-state index contributed by atoms with van der Waals surface area (Å²) in [5, 5.41) is 9.48. The summed E-state index contributed by atoms with van der Waals surface area (Å²) in [5.41, 5.74) is 1.78. The fraction of sp³-hybridized carbons (Fsp3) is 0.238. The summed E-state index contributed by atoms with van der Waals surface area (Å²) in [6, 6.07) is 9.70. The van der Waals surface area contributed by atoms with Crippen LogP contribution < -0.4 is 16.0 Å². The lowest BCUT2D eigenvalue weighted by Crippen LogP contribution is -2.39. The van der Waals surface area contributed by atoms with Gasteiger partial charge in [0.2, 0.25) is 5.91 Å². The van der Waals surface area contributed by atoms with E-state index in [0.29, 0.717) is 19.0 Å². The minimum atomic E-state index is -1.64. The molecule has 0 radical (unpaired) electrons. The number of aromatic nitrogens is 1. The number of carbonyl (C=O) groups is 1. The van der Waals surface area contributed by atoms with Gasteiger partial charge in [0, 0.05) is 30.2 Å². The number of guanidine groups is 1. The molecule has 0 aliphatic rings. The number of aliphatic imine (C=N–C) groups is 1. The summed E-state index contributed by atoms with van der Waals surface area (Å²) < 4.78 is 39.9. The summed E-state index contributed by atoms with van der Waals surface area (Å²) in [5.74, 6) is -4.65. The number of amides is 1. The lowest BCUT2D eigenvalue weighted by molar-refractivity contribution is -0.114. The van der Waals surface area contributed by atoms with E-state index in [1.165, 1.54) is 0 Å². The highest BCUT2D eigenvalue weighted by Crippen LogP contribution is 2.19. The number of para-hydroxylation sites is 1. The molecule has 1 amide bonds. The zero-order chi connectivity index (χ0) is 21.5. The van der Waals surface area contributed by atoms with Crippen molar-refractivity contribution >= 4 is 52.4 Å². The second kappa shape index (κ2) is 11.6. The van der Waals surface area contributed by atoms with E-state index in [4.69, 9.17) is 0 Å². The van der Waals surface area contributed by atoms with Gasteiger partial charge in [-0.3, -0.25) is 4.79 Å². The maximum Gasteiger partial charge on any atom is 0.246 e. The van der Waals surface area contributed by atoms with Gasteiger partial charge in [-0.2, -0.15) is 0 Å². The lowest BCUT2D eigenvalue weighted by atomic mass is 10.1. The quantitative estimate of drug-likeness (QED) is 0.157. The Morgan fingerprint density at radius 1 is 1.06 bits per heavy atom. The first-order valence-corrected chi connectivity index (χ1v) is 9.50. The highest BCUT2D eigenvalue weighted by atomic mass is 127. The van der Waals surface area contributed by atoms with Gasteiger partial charge in [-0.25, -0.2) is 18.2 Å². The number of nitrogens with one attached hydrogen (secondary N) is 4. The minimum Gasteiger partial charge on any atom is -0.361 e. The normalized spacial score (nSPS) is 11.2. The third-order valence-electron chi connectivity index (χ3n) is 4.40. The molecule has 0 unspecified atom stereocenters. The summed E-state index contributed by atoms with van der Waals surface area (Å²) >= 11 is 0. The largest absolute Gasteiger partial charge is 0.361 e. The van der Waals surface area contributed by atoms with Crippen molar-refractivity contribution in [2.75, 3.05) is 25.0 Å². The number of hydrogen-bond acceptors (Lipinski definition) is 2. The van der Waals surface area contributed by atoms with E-state index in [1.807, 2.05) is 37.4 Å². The number of rotatable bonds is 7. The second-order valence-electron chi connectivity index (χ2n) is 6.50. The van der Waals surface area contributed by atoms with E-state index in [2.05, 4.69) is 25.9 Å². The van der Waals surface area contributed by atoms with Gasteiger partial charge in [-0.05, 0) is 37.1 Å². The molecule has 0 aliphatic carbocycles. The molecule has 4 N–H and O–H groups in total. The molecule has 0 bridgehead atoms. The molecule has 0 saturated carbocycles. The van der Waals surface area contributed by atoms with E-state index >= 15 is 0 Å². The van der Waals surface area contributed by atoms with E-state index in [9.17, 15) is 18.0 Å². The molecule has 1 heterocycles. The first kappa shape index (κ1) is 24.5. The molecule has 0 spiro atoms. The number of anilines is 1. The Hall–Kier alpha value is -2.76. The molecule has 0 fully saturated rings. The monoisotopic (exact) mass is 545 g/mol. The van der Waals surface area contributed by atoms with Gasteiger partial charge in [0.05, 0.1) is 5.69 Å². The number of nitrogens with zero attached hydrogens (tertiary/aromatic N) is 1. The summed E-state index contributed by atoms with van der Waals surface area (Å²) in [7, 11) is 0. The van der Waals surface area contributed by atoms with E-state index in [0.717, 1.165) is 35.0 Å². The van der Waals surface area contributed by atoms with Gasteiger partial charge in [-0.1, -0.05) is 18.2 Å². The summed E-state index contributed by atoms with van der Waals surface area (Å²) in [6.07, 6.45) is 2.70. The molecule has 166 valence electrons. The Kier molecular flexibility index (Phi) is 9.16. The molecule has 1 aromatic heterocycles. The topological polar surface area (TPSA) is 81.3 Å². The standard InChI is InChI=1S/C21H22F3N5O.HI/c1-2-25-21(26-10-9-13-11-27-16-6-4-3-5-14(13)16)28-12-18(30)29-17-8-7-15(22)19(23)20(17)24;/h3-8,11,27H,2,9-10,12H2,1H3,(H,29,30)(H2,25,26,28);1H. The number of H-pyrrole nitrogens is 1. The van der Waals surface area contributed by atoms with Gasteiger partial charge in [0.25, 0.3) is 0 Å². The van der Waals surface area contributed by atoms with Crippen LogP contribution in [0.4, 0.5) is 18.9 Å². The number of hydrogen-bond donors (Lipinski definition) is 4. The fourth-order valence-corrected chi connectivity index (χ4v) is 2.96. The zero-order valence-electron chi connectivity index (χ0n) is 16.8. The van der Waals surface area contributed by atoms with Crippen LogP contribution in [0.3, 0.4) is 0 Å². The van der Waals surface area contributed by atoms with Gasteiger partial charge in [0.15, 0.2) is 23.4 Å². The van der Waals surface area contributed by atoms with E-state index in [1.54, 1.807) is 0 Å². The molecular weight excluding hydrogens is 522 g/mol. The fourth-order valence-electron chi connectivity index (χ4n) is 2.96. The summed E-state index contributed by atoms with van der Waals surface area (Å²) in [4.78, 5) is 19.4. The molecule has 3 rings (SSSR count). The second-order valence-corrected chi connectivity index (χ2v) is 6.50. The van der Waals surface area contributed by atoms with Crippen molar-refractivity contribution in [2.45, 2.75) is 13.3 Å². The predicted octanol–water partition coefficient (Wildman–Crippen LogP) is 3.94. The Labute approximate surface area is 194 Å². The highest BCUT2D eigenvalue weighted by Gasteiger charge is 2.15. The highest BCUT2D eigenvalue weighted by molar-refractivity contribution is 14.0. The first-order chi connectivity index (χ1) is 14.5. The van der Waals surface area contributed by atoms with Crippen LogP contribution in [0.15, 0.2) is 47.6 Å². The van der Waals surface area contributed by atoms with Crippen LogP contribution in [0.5, 0.6) is 0 Å². The lowest BCUT2D eigenvalue weighted by Gasteiger charge is -2.11. The van der Waals surface area contributed by atoms with Crippen molar-refractivity contribution in [3.05, 3.63) is 65.6 Å². The molecule has 6 nitrogen and oxygen atoms in total. The van der Waals surface area contributed by atoms with Crippen molar-refractivity contribution in [3.8, 4) is 0 Å². The number of fused-ring (bicyclic) bond motifs is 1. The third kappa shape index (κ3) is 6.36. The number of carbonyl (C=O) groups excluding carboxylic acids is 1. The van der Waals surface area contributed by atoms with Gasteiger partial charge in [0.1, 0.15) is 6.54 Å². The number of aromatic amines is 1. The van der Waals surface area contributed by atoms with Crippen molar-refractivity contribution < 1.29 is 18.0 Å². The summed E-state index contributed by atoms with van der Waals surface area (Å²) in [6.45, 7) is 2.72. The predicted molar refractivity (Wildman–Crippen MR) is 126 cm³/mol. The minimum absolute atomic E-state index is 0. The van der Waals surface area contributed by atoms with Crippen LogP contribution >= 0.6 is 24.0 Å². The maximum absolute atomic E-state index is 13.7. The zero-order valence-corrected chi connectivity index (χ0v) is 19.1. The van der Waals surface area contributed by atoms with Crippen LogP contribution in [0.25, 0.3) is 10.9 Å². The van der Waals surface area contributed by atoms with Gasteiger partial charge < -0.3 is 20.9 Å². The average molecular weight is 545 g/mol. The molecular formula is C21H23F3IN5O.